The van der Waals surface area contributed by atoms with Gasteiger partial charge in [-0.3, -0.25) is 9.34 Å². The van der Waals surface area contributed by atoms with Gasteiger partial charge in [0.25, 0.3) is 0 Å². The summed E-state index contributed by atoms with van der Waals surface area (Å²) >= 11 is 7.25. The number of hydrogen-bond acceptors (Lipinski definition) is 1. The summed E-state index contributed by atoms with van der Waals surface area (Å²) in [5.41, 5.74) is 0. The Morgan fingerprint density at radius 3 is 1.32 bits per heavy atom. The van der Waals surface area contributed by atoms with Crippen molar-refractivity contribution in [2.45, 2.75) is 71.7 Å². The van der Waals surface area contributed by atoms with Crippen LogP contribution in [-0.2, 0) is 0 Å². The van der Waals surface area contributed by atoms with Crippen LogP contribution in [0.25, 0.3) is 0 Å². The quantitative estimate of drug-likeness (QED) is 0.277. The van der Waals surface area contributed by atoms with Crippen LogP contribution >= 0.6 is 19.0 Å². The van der Waals surface area contributed by atoms with Crippen LogP contribution in [0.3, 0.4) is 0 Å². The summed E-state index contributed by atoms with van der Waals surface area (Å²) in [6.07, 6.45) is 0. The van der Waals surface area contributed by atoms with Crippen molar-refractivity contribution in [2.75, 3.05) is 26.2 Å². The minimum atomic E-state index is -1.87. The minimum Gasteiger partial charge on any atom is -0.311 e. The third-order valence-corrected chi connectivity index (χ3v) is 18.3. The predicted octanol–water partition coefficient (Wildman–Crippen LogP) is 5.98. The van der Waals surface area contributed by atoms with Gasteiger partial charge in [0.15, 0.2) is 8.24 Å². The Kier molecular flexibility index (Phi) is 9.17. The second kappa shape index (κ2) is 8.82. The van der Waals surface area contributed by atoms with Crippen LogP contribution in [0, 0.1) is 0 Å². The van der Waals surface area contributed by atoms with E-state index in [0.717, 1.165) is 26.2 Å². The molecule has 0 heterocycles. The van der Waals surface area contributed by atoms with Crippen molar-refractivity contribution < 1.29 is 0 Å². The molecule has 0 saturated heterocycles. The Morgan fingerprint density at radius 2 is 1.14 bits per heavy atom. The summed E-state index contributed by atoms with van der Waals surface area (Å²) in [5, 5.41) is 0. The van der Waals surface area contributed by atoms with E-state index in [4.69, 9.17) is 16.0 Å². The highest BCUT2D eigenvalue weighted by Gasteiger charge is 2.45. The SMILES string of the molecule is CCN(CC)P(=N[Si](C)(C)C)(C(Cl)[Si](C)(C)C)N(CC)CC. The van der Waals surface area contributed by atoms with E-state index in [1.54, 1.807) is 0 Å². The summed E-state index contributed by atoms with van der Waals surface area (Å²) < 4.78 is 11.0. The van der Waals surface area contributed by atoms with E-state index in [0.29, 0.717) is 0 Å². The Balaban J connectivity index is 6.60. The molecule has 1 unspecified atom stereocenters. The monoisotopic (exact) mass is 383 g/mol. The molecule has 0 aliphatic carbocycles. The Labute approximate surface area is 147 Å². The molecule has 0 aliphatic heterocycles. The van der Waals surface area contributed by atoms with Crippen molar-refractivity contribution in [1.82, 2.24) is 9.34 Å². The van der Waals surface area contributed by atoms with Crippen molar-refractivity contribution in [1.29, 1.82) is 0 Å². The Hall–Kier alpha value is 0.874. The molecular weight excluding hydrogens is 345 g/mol. The van der Waals surface area contributed by atoms with Gasteiger partial charge in [-0.05, 0) is 19.6 Å². The van der Waals surface area contributed by atoms with Gasteiger partial charge in [0.05, 0.1) is 12.8 Å². The zero-order valence-electron chi connectivity index (χ0n) is 16.6. The smallest absolute Gasteiger partial charge is 0.173 e. The molecule has 0 aliphatic rings. The van der Waals surface area contributed by atoms with Crippen LogP contribution in [0.2, 0.25) is 39.3 Å². The molecular formula is C15H39ClN3PSi2. The first-order valence-corrected chi connectivity index (χ1v) is 17.9. The number of hydrogen-bond donors (Lipinski definition) is 0. The van der Waals surface area contributed by atoms with Gasteiger partial charge in [0, 0.05) is 26.2 Å². The molecule has 0 N–H and O–H groups in total. The van der Waals surface area contributed by atoms with Crippen molar-refractivity contribution in [3.05, 3.63) is 0 Å². The molecule has 3 nitrogen and oxygen atoms in total. The fraction of sp³-hybridized carbons (Fsp3) is 1.00. The molecule has 22 heavy (non-hydrogen) atoms. The Bertz CT molecular complexity index is 367. The standard InChI is InChI=1S/C15H39ClN3PSi2/c1-11-18(12-2)20(17-22(8,9)10,19(13-3)14-4)15(16)21(5,6)7/h15H,11-14H2,1-10H3. The third kappa shape index (κ3) is 5.46. The van der Waals surface area contributed by atoms with Gasteiger partial charge in [-0.1, -0.05) is 47.3 Å². The molecule has 0 rings (SSSR count). The lowest BCUT2D eigenvalue weighted by Gasteiger charge is -2.50. The van der Waals surface area contributed by atoms with Gasteiger partial charge in [0.1, 0.15) is 7.36 Å². The molecule has 0 aromatic carbocycles. The molecule has 7 heteroatoms. The third-order valence-electron chi connectivity index (χ3n) is 3.76. The minimum absolute atomic E-state index is 0.187. The molecule has 0 spiro atoms. The second-order valence-electron chi connectivity index (χ2n) is 7.87. The topological polar surface area (TPSA) is 18.8 Å². The normalized spacial score (nSPS) is 15.5. The van der Waals surface area contributed by atoms with Gasteiger partial charge in [-0.25, -0.2) is 0 Å². The molecule has 0 fully saturated rings. The first kappa shape index (κ1) is 22.9. The van der Waals surface area contributed by atoms with Crippen LogP contribution in [0.15, 0.2) is 4.41 Å². The van der Waals surface area contributed by atoms with E-state index in [-0.39, 0.29) is 4.74 Å². The molecule has 0 saturated carbocycles. The lowest BCUT2D eigenvalue weighted by atomic mass is 10.7. The summed E-state index contributed by atoms with van der Waals surface area (Å²) in [6.45, 7) is 27.4. The van der Waals surface area contributed by atoms with E-state index in [1.807, 2.05) is 0 Å². The average molecular weight is 384 g/mol. The maximum Gasteiger partial charge on any atom is 0.173 e. The van der Waals surface area contributed by atoms with Crippen LogP contribution in [0.1, 0.15) is 27.7 Å². The molecule has 134 valence electrons. The largest absolute Gasteiger partial charge is 0.311 e. The average Bonchev–Trinajstić information content (AvgIpc) is 2.37. The van der Waals surface area contributed by atoms with Gasteiger partial charge in [-0.15, -0.1) is 11.6 Å². The zero-order chi connectivity index (χ0) is 17.8. The van der Waals surface area contributed by atoms with E-state index in [1.165, 1.54) is 0 Å². The van der Waals surface area contributed by atoms with E-state index >= 15 is 0 Å². The van der Waals surface area contributed by atoms with Gasteiger partial charge < -0.3 is 4.41 Å². The highest BCUT2D eigenvalue weighted by atomic mass is 35.5. The first-order valence-electron chi connectivity index (χ1n) is 8.68. The predicted molar refractivity (Wildman–Crippen MR) is 112 cm³/mol. The summed E-state index contributed by atoms with van der Waals surface area (Å²) in [6, 6.07) is 0. The molecule has 0 amide bonds. The lowest BCUT2D eigenvalue weighted by Crippen LogP contribution is -2.46. The summed E-state index contributed by atoms with van der Waals surface area (Å²) in [5.74, 6) is 0. The molecule has 0 aromatic rings. The summed E-state index contributed by atoms with van der Waals surface area (Å²) in [7, 11) is -4.99. The maximum absolute atomic E-state index is 7.25. The Morgan fingerprint density at radius 1 is 0.818 bits per heavy atom. The fourth-order valence-electron chi connectivity index (χ4n) is 2.88. The van der Waals surface area contributed by atoms with Crippen LogP contribution in [0.4, 0.5) is 0 Å². The fourth-order valence-corrected chi connectivity index (χ4v) is 17.2. The van der Waals surface area contributed by atoms with Crippen molar-refractivity contribution in [3.8, 4) is 0 Å². The molecule has 0 aromatic heterocycles. The first-order chi connectivity index (χ1) is 9.90. The van der Waals surface area contributed by atoms with Crippen LogP contribution in [0.5, 0.6) is 0 Å². The highest BCUT2D eigenvalue weighted by Crippen LogP contribution is 2.64. The van der Waals surface area contributed by atoms with Crippen molar-refractivity contribution >= 4 is 35.3 Å². The van der Waals surface area contributed by atoms with Gasteiger partial charge in [-0.2, -0.15) is 0 Å². The van der Waals surface area contributed by atoms with Crippen molar-refractivity contribution in [2.24, 2.45) is 4.41 Å². The number of rotatable bonds is 9. The maximum atomic E-state index is 7.25. The summed E-state index contributed by atoms with van der Waals surface area (Å²) in [4.78, 5) is 0. The molecule has 1 atom stereocenters. The lowest BCUT2D eigenvalue weighted by molar-refractivity contribution is 0.414. The number of alkyl halides is 1. The van der Waals surface area contributed by atoms with Crippen molar-refractivity contribution in [3.63, 3.8) is 0 Å². The highest BCUT2D eigenvalue weighted by molar-refractivity contribution is 7.68. The van der Waals surface area contributed by atoms with E-state index in [9.17, 15) is 0 Å². The van der Waals surface area contributed by atoms with E-state index in [2.05, 4.69) is 76.3 Å². The van der Waals surface area contributed by atoms with Crippen LogP contribution < -0.4 is 0 Å². The zero-order valence-corrected chi connectivity index (χ0v) is 20.2. The van der Waals surface area contributed by atoms with Gasteiger partial charge >= 0.3 is 0 Å². The van der Waals surface area contributed by atoms with Gasteiger partial charge in [0.2, 0.25) is 0 Å². The molecule has 0 bridgehead atoms. The molecule has 0 radical (unpaired) electrons. The second-order valence-corrected chi connectivity index (χ2v) is 22.8. The number of halogens is 1. The van der Waals surface area contributed by atoms with E-state index < -0.39 is 23.7 Å². The number of nitrogens with zero attached hydrogens (tertiary/aromatic N) is 3. The van der Waals surface area contributed by atoms with Crippen LogP contribution in [-0.4, -0.2) is 56.6 Å².